The van der Waals surface area contributed by atoms with Gasteiger partial charge in [-0.3, -0.25) is 0 Å². The third-order valence-electron chi connectivity index (χ3n) is 2.48. The molecule has 0 saturated heterocycles. The van der Waals surface area contributed by atoms with Crippen LogP contribution in [0.5, 0.6) is 11.6 Å². The second-order valence-corrected chi connectivity index (χ2v) is 4.67. The molecule has 2 rings (SSSR count). The van der Waals surface area contributed by atoms with Crippen molar-refractivity contribution in [2.24, 2.45) is 5.73 Å². The summed E-state index contributed by atoms with van der Waals surface area (Å²) in [5.74, 6) is 1.82. The molecule has 0 bridgehead atoms. The van der Waals surface area contributed by atoms with E-state index in [1.54, 1.807) is 12.3 Å². The van der Waals surface area contributed by atoms with Crippen molar-refractivity contribution in [3.05, 3.63) is 36.5 Å². The molecule has 0 atom stereocenters. The van der Waals surface area contributed by atoms with E-state index in [4.69, 9.17) is 15.2 Å². The molecule has 21 heavy (non-hydrogen) atoms. The lowest BCUT2D eigenvalue weighted by atomic mass is 10.3. The Morgan fingerprint density at radius 3 is 2.62 bits per heavy atom. The molecule has 0 fully saturated rings. The normalized spacial score (nSPS) is 10.5. The van der Waals surface area contributed by atoms with Crippen LogP contribution in [0.3, 0.4) is 0 Å². The fraction of sp³-hybridized carbons (Fsp3) is 0.333. The lowest BCUT2D eigenvalue weighted by Gasteiger charge is -2.10. The fourth-order valence-electron chi connectivity index (χ4n) is 1.65. The first kappa shape index (κ1) is 15.1. The smallest absolute Gasteiger partial charge is 0.230 e. The van der Waals surface area contributed by atoms with Gasteiger partial charge in [-0.25, -0.2) is 4.98 Å². The predicted molar refractivity (Wildman–Crippen MR) is 82.1 cm³/mol. The molecule has 0 saturated carbocycles. The van der Waals surface area contributed by atoms with Crippen LogP contribution in [0.1, 0.15) is 13.8 Å². The Hall–Kier alpha value is -2.34. The average molecular weight is 288 g/mol. The molecule has 112 valence electrons. The Bertz CT molecular complexity index is 558. The maximum absolute atomic E-state index is 5.53. The molecule has 6 heteroatoms. The van der Waals surface area contributed by atoms with Gasteiger partial charge in [0.25, 0.3) is 0 Å². The zero-order chi connectivity index (χ0) is 15.1. The van der Waals surface area contributed by atoms with Crippen LogP contribution < -0.4 is 20.5 Å². The van der Waals surface area contributed by atoms with Crippen molar-refractivity contribution in [1.29, 1.82) is 0 Å². The highest BCUT2D eigenvalue weighted by Crippen LogP contribution is 2.19. The standard InChI is InChI=1S/C15H20N4O2/c1-11(2)21-14-7-9-17-15(19-14)18-12-3-5-13(6-4-12)20-10-8-16/h3-7,9,11H,8,10,16H2,1-2H3,(H,17,18,19). The summed E-state index contributed by atoms with van der Waals surface area (Å²) in [4.78, 5) is 8.45. The number of anilines is 2. The third kappa shape index (κ3) is 4.92. The van der Waals surface area contributed by atoms with Crippen LogP contribution in [-0.2, 0) is 0 Å². The molecular weight excluding hydrogens is 268 g/mol. The van der Waals surface area contributed by atoms with E-state index in [1.165, 1.54) is 0 Å². The van der Waals surface area contributed by atoms with Crippen LogP contribution in [0.2, 0.25) is 0 Å². The summed E-state index contributed by atoms with van der Waals surface area (Å²) >= 11 is 0. The van der Waals surface area contributed by atoms with Crippen molar-refractivity contribution in [1.82, 2.24) is 9.97 Å². The number of rotatable bonds is 7. The molecule has 1 aromatic carbocycles. The zero-order valence-electron chi connectivity index (χ0n) is 12.2. The van der Waals surface area contributed by atoms with E-state index in [0.717, 1.165) is 11.4 Å². The molecule has 3 N–H and O–H groups in total. The summed E-state index contributed by atoms with van der Waals surface area (Å²) in [6, 6.07) is 9.25. The first-order valence-electron chi connectivity index (χ1n) is 6.87. The molecule has 2 aromatic rings. The first-order valence-corrected chi connectivity index (χ1v) is 6.87. The minimum Gasteiger partial charge on any atom is -0.492 e. The van der Waals surface area contributed by atoms with Gasteiger partial charge in [0.15, 0.2) is 0 Å². The summed E-state index contributed by atoms with van der Waals surface area (Å²) < 4.78 is 11.0. The van der Waals surface area contributed by atoms with E-state index in [9.17, 15) is 0 Å². The zero-order valence-corrected chi connectivity index (χ0v) is 12.2. The Balaban J connectivity index is 2.00. The molecule has 0 radical (unpaired) electrons. The SMILES string of the molecule is CC(C)Oc1ccnc(Nc2ccc(OCCN)cc2)n1. The summed E-state index contributed by atoms with van der Waals surface area (Å²) in [6.07, 6.45) is 1.73. The molecule has 6 nitrogen and oxygen atoms in total. The number of ether oxygens (including phenoxy) is 2. The van der Waals surface area contributed by atoms with Gasteiger partial charge in [0.05, 0.1) is 6.10 Å². The van der Waals surface area contributed by atoms with Gasteiger partial charge in [-0.15, -0.1) is 0 Å². The first-order chi connectivity index (χ1) is 10.2. The van der Waals surface area contributed by atoms with Gasteiger partial charge >= 0.3 is 0 Å². The van der Waals surface area contributed by atoms with Crippen molar-refractivity contribution < 1.29 is 9.47 Å². The van der Waals surface area contributed by atoms with Crippen molar-refractivity contribution in [2.75, 3.05) is 18.5 Å². The van der Waals surface area contributed by atoms with Gasteiger partial charge in [0.2, 0.25) is 11.8 Å². The third-order valence-corrected chi connectivity index (χ3v) is 2.48. The number of hydrogen-bond acceptors (Lipinski definition) is 6. The fourth-order valence-corrected chi connectivity index (χ4v) is 1.65. The minimum atomic E-state index is 0.0757. The van der Waals surface area contributed by atoms with Crippen molar-refractivity contribution in [2.45, 2.75) is 20.0 Å². The number of hydrogen-bond donors (Lipinski definition) is 2. The molecule has 0 aliphatic heterocycles. The van der Waals surface area contributed by atoms with Crippen LogP contribution in [0.4, 0.5) is 11.6 Å². The van der Waals surface area contributed by atoms with Crippen LogP contribution in [0.25, 0.3) is 0 Å². The summed E-state index contributed by atoms with van der Waals surface area (Å²) in [7, 11) is 0. The molecular formula is C15H20N4O2. The highest BCUT2D eigenvalue weighted by molar-refractivity contribution is 5.54. The maximum Gasteiger partial charge on any atom is 0.230 e. The monoisotopic (exact) mass is 288 g/mol. The molecule has 0 unspecified atom stereocenters. The maximum atomic E-state index is 5.53. The highest BCUT2D eigenvalue weighted by Gasteiger charge is 2.03. The van der Waals surface area contributed by atoms with E-state index in [2.05, 4.69) is 15.3 Å². The molecule has 0 amide bonds. The summed E-state index contributed by atoms with van der Waals surface area (Å²) in [5, 5.41) is 3.12. The van der Waals surface area contributed by atoms with E-state index < -0.39 is 0 Å². The predicted octanol–water partition coefficient (Wildman–Crippen LogP) is 2.34. The quantitative estimate of drug-likeness (QED) is 0.813. The van der Waals surface area contributed by atoms with Crippen LogP contribution in [-0.4, -0.2) is 29.2 Å². The number of aromatic nitrogens is 2. The number of nitrogens with one attached hydrogen (secondary N) is 1. The van der Waals surface area contributed by atoms with Gasteiger partial charge < -0.3 is 20.5 Å². The average Bonchev–Trinajstić information content (AvgIpc) is 2.46. The second kappa shape index (κ2) is 7.44. The summed E-state index contributed by atoms with van der Waals surface area (Å²) in [6.45, 7) is 4.91. The molecule has 0 aliphatic rings. The van der Waals surface area contributed by atoms with Gasteiger partial charge in [0, 0.05) is 24.5 Å². The highest BCUT2D eigenvalue weighted by atomic mass is 16.5. The van der Waals surface area contributed by atoms with Crippen LogP contribution >= 0.6 is 0 Å². The van der Waals surface area contributed by atoms with Gasteiger partial charge in [-0.05, 0) is 38.1 Å². The van der Waals surface area contributed by atoms with Crippen molar-refractivity contribution in [3.63, 3.8) is 0 Å². The van der Waals surface area contributed by atoms with Crippen LogP contribution in [0, 0.1) is 0 Å². The van der Waals surface area contributed by atoms with E-state index in [1.807, 2.05) is 38.1 Å². The lowest BCUT2D eigenvalue weighted by molar-refractivity contribution is 0.232. The van der Waals surface area contributed by atoms with Crippen molar-refractivity contribution >= 4 is 11.6 Å². The lowest BCUT2D eigenvalue weighted by Crippen LogP contribution is -2.10. The minimum absolute atomic E-state index is 0.0757. The van der Waals surface area contributed by atoms with Gasteiger partial charge in [-0.1, -0.05) is 0 Å². The van der Waals surface area contributed by atoms with Crippen molar-refractivity contribution in [3.8, 4) is 11.6 Å². The topological polar surface area (TPSA) is 82.3 Å². The van der Waals surface area contributed by atoms with E-state index >= 15 is 0 Å². The Morgan fingerprint density at radius 1 is 1.19 bits per heavy atom. The number of benzene rings is 1. The van der Waals surface area contributed by atoms with Crippen LogP contribution in [0.15, 0.2) is 36.5 Å². The van der Waals surface area contributed by atoms with E-state index in [0.29, 0.717) is 25.0 Å². The number of nitrogens with zero attached hydrogens (tertiary/aromatic N) is 2. The van der Waals surface area contributed by atoms with Gasteiger partial charge in [-0.2, -0.15) is 4.98 Å². The molecule has 1 aromatic heterocycles. The molecule has 1 heterocycles. The Morgan fingerprint density at radius 2 is 1.95 bits per heavy atom. The largest absolute Gasteiger partial charge is 0.492 e. The second-order valence-electron chi connectivity index (χ2n) is 4.67. The Labute approximate surface area is 124 Å². The van der Waals surface area contributed by atoms with Gasteiger partial charge in [0.1, 0.15) is 12.4 Å². The molecule has 0 spiro atoms. The summed E-state index contributed by atoms with van der Waals surface area (Å²) in [5.41, 5.74) is 6.26. The molecule has 0 aliphatic carbocycles. The Kier molecular flexibility index (Phi) is 5.34. The number of nitrogens with two attached hydrogens (primary N) is 1. The van der Waals surface area contributed by atoms with E-state index in [-0.39, 0.29) is 6.10 Å².